The van der Waals surface area contributed by atoms with Gasteiger partial charge in [0, 0.05) is 11.6 Å². The maximum absolute atomic E-state index is 11.9. The van der Waals surface area contributed by atoms with Crippen molar-refractivity contribution in [3.63, 3.8) is 0 Å². The van der Waals surface area contributed by atoms with Gasteiger partial charge in [-0.1, -0.05) is 41.9 Å². The third-order valence-corrected chi connectivity index (χ3v) is 3.80. The first-order valence-corrected chi connectivity index (χ1v) is 7.70. The molecule has 0 aliphatic carbocycles. The molecule has 0 unspecified atom stereocenters. The van der Waals surface area contributed by atoms with Crippen molar-refractivity contribution in [2.24, 2.45) is 0 Å². The Balaban J connectivity index is 1.69. The summed E-state index contributed by atoms with van der Waals surface area (Å²) in [5.74, 6) is 0.861. The molecule has 1 N–H and O–H groups in total. The van der Waals surface area contributed by atoms with Crippen molar-refractivity contribution in [1.29, 1.82) is 0 Å². The SMILES string of the molecule is COc1ccc(CCCNC(=O)Cc2ccccc2Cl)cc1. The number of aryl methyl sites for hydroxylation is 1. The Morgan fingerprint density at radius 3 is 2.55 bits per heavy atom. The van der Waals surface area contributed by atoms with Gasteiger partial charge in [-0.25, -0.2) is 0 Å². The highest BCUT2D eigenvalue weighted by Gasteiger charge is 2.05. The van der Waals surface area contributed by atoms with Gasteiger partial charge < -0.3 is 10.1 Å². The molecule has 0 radical (unpaired) electrons. The van der Waals surface area contributed by atoms with Crippen LogP contribution in [0.3, 0.4) is 0 Å². The Kier molecular flexibility index (Phi) is 6.28. The van der Waals surface area contributed by atoms with Crippen molar-refractivity contribution in [1.82, 2.24) is 5.32 Å². The van der Waals surface area contributed by atoms with Gasteiger partial charge in [-0.15, -0.1) is 0 Å². The molecule has 1 amide bonds. The van der Waals surface area contributed by atoms with Crippen LogP contribution in [0.4, 0.5) is 0 Å². The van der Waals surface area contributed by atoms with Crippen molar-refractivity contribution in [2.45, 2.75) is 19.3 Å². The predicted molar refractivity (Wildman–Crippen MR) is 89.5 cm³/mol. The predicted octanol–water partition coefficient (Wildman–Crippen LogP) is 3.64. The Hall–Kier alpha value is -2.00. The lowest BCUT2D eigenvalue weighted by molar-refractivity contribution is -0.120. The van der Waals surface area contributed by atoms with Gasteiger partial charge in [0.15, 0.2) is 0 Å². The minimum atomic E-state index is 0.00262. The van der Waals surface area contributed by atoms with E-state index in [1.54, 1.807) is 13.2 Å². The normalized spacial score (nSPS) is 10.3. The third kappa shape index (κ3) is 5.08. The van der Waals surface area contributed by atoms with Crippen LogP contribution < -0.4 is 10.1 Å². The van der Waals surface area contributed by atoms with Crippen molar-refractivity contribution in [3.8, 4) is 5.75 Å². The summed E-state index contributed by atoms with van der Waals surface area (Å²) in [5.41, 5.74) is 2.10. The molecular weight excluding hydrogens is 298 g/mol. The number of carbonyl (C=O) groups excluding carboxylic acids is 1. The number of halogens is 1. The first kappa shape index (κ1) is 16.4. The van der Waals surface area contributed by atoms with Crippen LogP contribution in [0.15, 0.2) is 48.5 Å². The summed E-state index contributed by atoms with van der Waals surface area (Å²) in [5, 5.41) is 3.56. The summed E-state index contributed by atoms with van der Waals surface area (Å²) in [6.07, 6.45) is 2.15. The quantitative estimate of drug-likeness (QED) is 0.792. The molecule has 0 heterocycles. The zero-order valence-electron chi connectivity index (χ0n) is 12.6. The number of nitrogens with one attached hydrogen (secondary N) is 1. The number of hydrogen-bond acceptors (Lipinski definition) is 2. The standard InChI is InChI=1S/C18H20ClNO2/c1-22-16-10-8-14(9-11-16)5-4-12-20-18(21)13-15-6-2-3-7-17(15)19/h2-3,6-11H,4-5,12-13H2,1H3,(H,20,21). The lowest BCUT2D eigenvalue weighted by Crippen LogP contribution is -2.26. The molecule has 22 heavy (non-hydrogen) atoms. The minimum absolute atomic E-state index is 0.00262. The molecule has 0 aliphatic rings. The number of amides is 1. The topological polar surface area (TPSA) is 38.3 Å². The Labute approximate surface area is 136 Å². The fourth-order valence-corrected chi connectivity index (χ4v) is 2.39. The molecule has 0 aliphatic heterocycles. The van der Waals surface area contributed by atoms with Crippen molar-refractivity contribution in [2.75, 3.05) is 13.7 Å². The number of benzene rings is 2. The highest BCUT2D eigenvalue weighted by Crippen LogP contribution is 2.15. The van der Waals surface area contributed by atoms with Crippen LogP contribution >= 0.6 is 11.6 Å². The molecule has 0 saturated heterocycles. The molecule has 0 bridgehead atoms. The second-order valence-corrected chi connectivity index (χ2v) is 5.48. The van der Waals surface area contributed by atoms with E-state index in [9.17, 15) is 4.79 Å². The van der Waals surface area contributed by atoms with Crippen LogP contribution in [-0.4, -0.2) is 19.6 Å². The third-order valence-electron chi connectivity index (χ3n) is 3.43. The summed E-state index contributed by atoms with van der Waals surface area (Å²) in [7, 11) is 1.66. The van der Waals surface area contributed by atoms with Gasteiger partial charge >= 0.3 is 0 Å². The molecule has 2 aromatic carbocycles. The van der Waals surface area contributed by atoms with E-state index in [0.29, 0.717) is 18.0 Å². The van der Waals surface area contributed by atoms with E-state index >= 15 is 0 Å². The van der Waals surface area contributed by atoms with Gasteiger partial charge in [-0.3, -0.25) is 4.79 Å². The molecule has 3 nitrogen and oxygen atoms in total. The number of methoxy groups -OCH3 is 1. The largest absolute Gasteiger partial charge is 0.497 e. The van der Waals surface area contributed by atoms with Crippen LogP contribution in [0.2, 0.25) is 5.02 Å². The zero-order chi connectivity index (χ0) is 15.8. The van der Waals surface area contributed by atoms with Crippen LogP contribution in [-0.2, 0) is 17.6 Å². The molecule has 2 rings (SSSR count). The van der Waals surface area contributed by atoms with E-state index in [1.165, 1.54) is 5.56 Å². The first-order chi connectivity index (χ1) is 10.7. The van der Waals surface area contributed by atoms with Crippen LogP contribution in [0, 0.1) is 0 Å². The van der Waals surface area contributed by atoms with Crippen molar-refractivity contribution >= 4 is 17.5 Å². The number of rotatable bonds is 7. The lowest BCUT2D eigenvalue weighted by Gasteiger charge is -2.07. The Morgan fingerprint density at radius 2 is 1.86 bits per heavy atom. The van der Waals surface area contributed by atoms with Gasteiger partial charge in [0.05, 0.1) is 13.5 Å². The summed E-state index contributed by atoms with van der Waals surface area (Å²) < 4.78 is 5.12. The fourth-order valence-electron chi connectivity index (χ4n) is 2.19. The maximum Gasteiger partial charge on any atom is 0.224 e. The highest BCUT2D eigenvalue weighted by molar-refractivity contribution is 6.31. The van der Waals surface area contributed by atoms with Crippen molar-refractivity contribution in [3.05, 3.63) is 64.7 Å². The van der Waals surface area contributed by atoms with E-state index in [2.05, 4.69) is 5.32 Å². The Bertz CT molecular complexity index is 611. The van der Waals surface area contributed by atoms with E-state index in [0.717, 1.165) is 24.2 Å². The number of ether oxygens (including phenoxy) is 1. The molecule has 4 heteroatoms. The fraction of sp³-hybridized carbons (Fsp3) is 0.278. The van der Waals surface area contributed by atoms with Crippen LogP contribution in [0.25, 0.3) is 0 Å². The average molecular weight is 318 g/mol. The zero-order valence-corrected chi connectivity index (χ0v) is 13.4. The van der Waals surface area contributed by atoms with E-state index in [-0.39, 0.29) is 5.91 Å². The van der Waals surface area contributed by atoms with Crippen LogP contribution in [0.1, 0.15) is 17.5 Å². The monoisotopic (exact) mass is 317 g/mol. The summed E-state index contributed by atoms with van der Waals surface area (Å²) in [6, 6.07) is 15.4. The van der Waals surface area contributed by atoms with Gasteiger partial charge in [-0.05, 0) is 42.2 Å². The van der Waals surface area contributed by atoms with E-state index in [1.807, 2.05) is 42.5 Å². The first-order valence-electron chi connectivity index (χ1n) is 7.32. The number of hydrogen-bond donors (Lipinski definition) is 1. The maximum atomic E-state index is 11.9. The molecule has 0 aromatic heterocycles. The lowest BCUT2D eigenvalue weighted by atomic mass is 10.1. The second kappa shape index (κ2) is 8.44. The summed E-state index contributed by atoms with van der Waals surface area (Å²) >= 11 is 6.04. The molecular formula is C18H20ClNO2. The van der Waals surface area contributed by atoms with Crippen LogP contribution in [0.5, 0.6) is 5.75 Å². The smallest absolute Gasteiger partial charge is 0.224 e. The highest BCUT2D eigenvalue weighted by atomic mass is 35.5. The number of carbonyl (C=O) groups is 1. The van der Waals surface area contributed by atoms with E-state index in [4.69, 9.17) is 16.3 Å². The van der Waals surface area contributed by atoms with Gasteiger partial charge in [-0.2, -0.15) is 0 Å². The van der Waals surface area contributed by atoms with Crippen molar-refractivity contribution < 1.29 is 9.53 Å². The molecule has 116 valence electrons. The molecule has 2 aromatic rings. The summed E-state index contributed by atoms with van der Waals surface area (Å²) in [4.78, 5) is 11.9. The second-order valence-electron chi connectivity index (χ2n) is 5.07. The van der Waals surface area contributed by atoms with E-state index < -0.39 is 0 Å². The molecule has 0 atom stereocenters. The summed E-state index contributed by atoms with van der Waals surface area (Å²) in [6.45, 7) is 0.662. The minimum Gasteiger partial charge on any atom is -0.497 e. The van der Waals surface area contributed by atoms with Gasteiger partial charge in [0.2, 0.25) is 5.91 Å². The van der Waals surface area contributed by atoms with Gasteiger partial charge in [0.1, 0.15) is 5.75 Å². The molecule has 0 saturated carbocycles. The average Bonchev–Trinajstić information content (AvgIpc) is 2.54. The van der Waals surface area contributed by atoms with Gasteiger partial charge in [0.25, 0.3) is 0 Å². The molecule has 0 spiro atoms. The molecule has 0 fully saturated rings. The Morgan fingerprint density at radius 1 is 1.14 bits per heavy atom.